The number of hydrogen-bond donors (Lipinski definition) is 1. The van der Waals surface area contributed by atoms with Gasteiger partial charge in [-0.2, -0.15) is 0 Å². The molecule has 4 rings (SSSR count). The summed E-state index contributed by atoms with van der Waals surface area (Å²) >= 11 is 8.42. The van der Waals surface area contributed by atoms with Gasteiger partial charge in [0.25, 0.3) is 0 Å². The lowest BCUT2D eigenvalue weighted by Gasteiger charge is -2.31. The van der Waals surface area contributed by atoms with Crippen molar-refractivity contribution in [2.75, 3.05) is 18.4 Å². The number of anilines is 1. The van der Waals surface area contributed by atoms with E-state index in [-0.39, 0.29) is 11.9 Å². The van der Waals surface area contributed by atoms with Gasteiger partial charge in [-0.3, -0.25) is 9.69 Å². The second-order valence-electron chi connectivity index (χ2n) is 7.30. The highest BCUT2D eigenvalue weighted by Crippen LogP contribution is 2.47. The monoisotopic (exact) mass is 388 g/mol. The number of hydrogen-bond acceptors (Lipinski definition) is 3. The predicted molar refractivity (Wildman–Crippen MR) is 109 cm³/mol. The van der Waals surface area contributed by atoms with Crippen molar-refractivity contribution in [3.8, 4) is 0 Å². The molecule has 3 nitrogen and oxygen atoms in total. The van der Waals surface area contributed by atoms with E-state index in [4.69, 9.17) is 11.6 Å². The molecule has 2 heterocycles. The molecule has 0 saturated carbocycles. The lowest BCUT2D eigenvalue weighted by Crippen LogP contribution is -2.28. The smallest absolute Gasteiger partial charge is 0.221 e. The van der Waals surface area contributed by atoms with Crippen molar-refractivity contribution in [3.05, 3.63) is 50.9 Å². The number of fused-ring (bicyclic) bond motifs is 1. The summed E-state index contributed by atoms with van der Waals surface area (Å²) in [5, 5.41) is 4.98. The van der Waals surface area contributed by atoms with Crippen molar-refractivity contribution < 1.29 is 4.79 Å². The number of halogens is 1. The Morgan fingerprint density at radius 2 is 1.88 bits per heavy atom. The number of aryl methyl sites for hydroxylation is 1. The van der Waals surface area contributed by atoms with E-state index in [0.29, 0.717) is 0 Å². The van der Waals surface area contributed by atoms with Crippen LogP contribution in [0.15, 0.2) is 24.3 Å². The molecule has 1 N–H and O–H groups in total. The third kappa shape index (κ3) is 3.42. The summed E-state index contributed by atoms with van der Waals surface area (Å²) in [6.07, 6.45) is 7.15. The number of carbonyl (C=O) groups is 1. The van der Waals surface area contributed by atoms with Gasteiger partial charge in [0.15, 0.2) is 0 Å². The van der Waals surface area contributed by atoms with Gasteiger partial charge in [0.2, 0.25) is 5.91 Å². The molecule has 2 aliphatic rings. The maximum Gasteiger partial charge on any atom is 0.221 e. The van der Waals surface area contributed by atoms with Crippen molar-refractivity contribution >= 4 is 33.8 Å². The summed E-state index contributed by atoms with van der Waals surface area (Å²) in [5.74, 6) is 0.00387. The average molecular weight is 389 g/mol. The first-order valence-electron chi connectivity index (χ1n) is 9.55. The number of amides is 1. The molecule has 26 heavy (non-hydrogen) atoms. The minimum absolute atomic E-state index is 0.00387. The van der Waals surface area contributed by atoms with Crippen molar-refractivity contribution in [1.29, 1.82) is 0 Å². The van der Waals surface area contributed by atoms with Gasteiger partial charge < -0.3 is 5.32 Å². The summed E-state index contributed by atoms with van der Waals surface area (Å²) in [7, 11) is 0. The Hall–Kier alpha value is -1.36. The molecule has 1 aromatic carbocycles. The highest BCUT2D eigenvalue weighted by molar-refractivity contribution is 7.16. The van der Waals surface area contributed by atoms with E-state index in [2.05, 4.69) is 22.3 Å². The molecule has 1 saturated heterocycles. The molecule has 1 aromatic heterocycles. The van der Waals surface area contributed by atoms with Crippen LogP contribution in [-0.2, 0) is 17.6 Å². The molecule has 1 unspecified atom stereocenters. The van der Waals surface area contributed by atoms with E-state index in [1.54, 1.807) is 18.3 Å². The molecule has 1 fully saturated rings. The minimum Gasteiger partial charge on any atom is -0.318 e. The van der Waals surface area contributed by atoms with E-state index < -0.39 is 0 Å². The molecule has 1 aliphatic heterocycles. The third-order valence-corrected chi connectivity index (χ3v) is 7.05. The maximum atomic E-state index is 11.9. The van der Waals surface area contributed by atoms with Gasteiger partial charge in [-0.1, -0.05) is 29.8 Å². The van der Waals surface area contributed by atoms with Crippen LogP contribution in [-0.4, -0.2) is 23.9 Å². The summed E-state index contributed by atoms with van der Waals surface area (Å²) < 4.78 is 0. The molecule has 138 valence electrons. The zero-order chi connectivity index (χ0) is 18.1. The van der Waals surface area contributed by atoms with Gasteiger partial charge in [0.05, 0.1) is 6.04 Å². The van der Waals surface area contributed by atoms with Gasteiger partial charge in [-0.05, 0) is 68.8 Å². The number of nitrogens with one attached hydrogen (secondary N) is 1. The van der Waals surface area contributed by atoms with Crippen LogP contribution < -0.4 is 5.32 Å². The topological polar surface area (TPSA) is 32.3 Å². The molecule has 1 aliphatic carbocycles. The zero-order valence-corrected chi connectivity index (χ0v) is 16.8. The molecule has 0 radical (unpaired) electrons. The Balaban J connectivity index is 1.88. The largest absolute Gasteiger partial charge is 0.318 e. The van der Waals surface area contributed by atoms with Crippen molar-refractivity contribution in [2.45, 2.75) is 51.5 Å². The summed E-state index contributed by atoms with van der Waals surface area (Å²) in [6, 6.07) is 8.32. The second kappa shape index (κ2) is 7.71. The van der Waals surface area contributed by atoms with Crippen LogP contribution in [0.4, 0.5) is 5.00 Å². The fraction of sp³-hybridized carbons (Fsp3) is 0.476. The Bertz CT molecular complexity index is 810. The van der Waals surface area contributed by atoms with Crippen molar-refractivity contribution in [3.63, 3.8) is 0 Å². The lowest BCUT2D eigenvalue weighted by atomic mass is 9.89. The Kier molecular flexibility index (Phi) is 5.35. The number of rotatable bonds is 4. The quantitative estimate of drug-likeness (QED) is 0.757. The van der Waals surface area contributed by atoms with Gasteiger partial charge in [-0.15, -0.1) is 11.3 Å². The van der Waals surface area contributed by atoms with Gasteiger partial charge >= 0.3 is 0 Å². The lowest BCUT2D eigenvalue weighted by molar-refractivity contribution is -0.114. The zero-order valence-electron chi connectivity index (χ0n) is 15.2. The van der Waals surface area contributed by atoms with Gasteiger partial charge in [0.1, 0.15) is 5.00 Å². The van der Waals surface area contributed by atoms with Crippen LogP contribution in [0.3, 0.4) is 0 Å². The second-order valence-corrected chi connectivity index (χ2v) is 8.81. The van der Waals surface area contributed by atoms with Crippen LogP contribution in [0.1, 0.15) is 60.2 Å². The number of thiophene rings is 1. The Morgan fingerprint density at radius 3 is 2.62 bits per heavy atom. The fourth-order valence-electron chi connectivity index (χ4n) is 4.36. The molecule has 2 aromatic rings. The van der Waals surface area contributed by atoms with Crippen molar-refractivity contribution in [2.24, 2.45) is 0 Å². The number of carbonyl (C=O) groups excluding carboxylic acids is 1. The fourth-order valence-corrected chi connectivity index (χ4v) is 5.97. The van der Waals surface area contributed by atoms with E-state index in [9.17, 15) is 4.79 Å². The van der Waals surface area contributed by atoms with Crippen LogP contribution >= 0.6 is 22.9 Å². The molecule has 5 heteroatoms. The van der Waals surface area contributed by atoms with Gasteiger partial charge in [0, 0.05) is 22.4 Å². The molecule has 1 amide bonds. The molecule has 0 bridgehead atoms. The predicted octanol–water partition coefficient (Wildman–Crippen LogP) is 5.42. The molecular formula is C21H25ClN2OS. The third-order valence-electron chi connectivity index (χ3n) is 5.48. The first kappa shape index (κ1) is 18.0. The summed E-state index contributed by atoms with van der Waals surface area (Å²) in [4.78, 5) is 15.9. The van der Waals surface area contributed by atoms with E-state index in [1.807, 2.05) is 12.1 Å². The molecular weight excluding hydrogens is 364 g/mol. The summed E-state index contributed by atoms with van der Waals surface area (Å²) in [6.45, 7) is 3.77. The van der Waals surface area contributed by atoms with Crippen LogP contribution in [0, 0.1) is 0 Å². The van der Waals surface area contributed by atoms with Crippen molar-refractivity contribution in [1.82, 2.24) is 4.90 Å². The summed E-state index contributed by atoms with van der Waals surface area (Å²) in [5.41, 5.74) is 3.92. The Morgan fingerprint density at radius 1 is 1.15 bits per heavy atom. The number of nitrogens with zero attached hydrogens (tertiary/aromatic N) is 1. The maximum absolute atomic E-state index is 11.9. The van der Waals surface area contributed by atoms with Gasteiger partial charge in [-0.25, -0.2) is 0 Å². The van der Waals surface area contributed by atoms with E-state index >= 15 is 0 Å². The first-order valence-corrected chi connectivity index (χ1v) is 10.7. The van der Waals surface area contributed by atoms with E-state index in [1.165, 1.54) is 41.7 Å². The minimum atomic E-state index is 0.00387. The van der Waals surface area contributed by atoms with E-state index in [0.717, 1.165) is 41.5 Å². The van der Waals surface area contributed by atoms with Crippen LogP contribution in [0.2, 0.25) is 5.02 Å². The average Bonchev–Trinajstić information content (AvgIpc) is 3.25. The SMILES string of the molecule is CC(=O)Nc1sc2c(c1C(c1ccccc1Cl)N1CCCC1)CCCC2. The standard InChI is InChI=1S/C21H25ClN2OS/c1-14(25)23-21-19(16-9-3-5-11-18(16)26-21)20(24-12-6-7-13-24)15-8-2-4-10-17(15)22/h2,4,8,10,20H,3,5-7,9,11-13H2,1H3,(H,23,25). The molecule has 1 atom stereocenters. The van der Waals surface area contributed by atoms with Crippen LogP contribution in [0.5, 0.6) is 0 Å². The Labute approximate surface area is 164 Å². The molecule has 0 spiro atoms. The first-order chi connectivity index (χ1) is 12.6. The highest BCUT2D eigenvalue weighted by Gasteiger charge is 2.33. The van der Waals surface area contributed by atoms with Crippen LogP contribution in [0.25, 0.3) is 0 Å². The normalized spacial score (nSPS) is 18.5. The number of benzene rings is 1. The number of likely N-dealkylation sites (tertiary alicyclic amines) is 1. The highest BCUT2D eigenvalue weighted by atomic mass is 35.5.